The smallest absolute Gasteiger partial charge is 0.260 e. The Balaban J connectivity index is 1.73. The number of hydrogen-bond acceptors (Lipinski definition) is 7. The zero-order valence-corrected chi connectivity index (χ0v) is 20.3. The Morgan fingerprint density at radius 2 is 1.71 bits per heavy atom. The number of carbonyl (C=O) groups is 1. The molecule has 0 fully saturated rings. The van der Waals surface area contributed by atoms with Crippen LogP contribution in [0.2, 0.25) is 0 Å². The van der Waals surface area contributed by atoms with E-state index in [9.17, 15) is 4.79 Å². The Morgan fingerprint density at radius 1 is 0.912 bits per heavy atom. The number of nitrogens with zero attached hydrogens (tertiary/aromatic N) is 3. The summed E-state index contributed by atoms with van der Waals surface area (Å²) in [4.78, 5) is 24.6. The first-order valence-corrected chi connectivity index (χ1v) is 12.1. The predicted molar refractivity (Wildman–Crippen MR) is 134 cm³/mol. The number of hydrogen-bond donors (Lipinski definition) is 0. The second kappa shape index (κ2) is 11.0. The quantitative estimate of drug-likeness (QED) is 0.290. The zero-order chi connectivity index (χ0) is 23.9. The van der Waals surface area contributed by atoms with Crippen molar-refractivity contribution in [3.05, 3.63) is 72.1 Å². The van der Waals surface area contributed by atoms with E-state index in [4.69, 9.17) is 19.2 Å². The molecule has 2 heterocycles. The predicted octanol–water partition coefficient (Wildman–Crippen LogP) is 5.73. The summed E-state index contributed by atoms with van der Waals surface area (Å²) < 4.78 is 18.0. The van der Waals surface area contributed by atoms with Crippen molar-refractivity contribution >= 4 is 32.6 Å². The summed E-state index contributed by atoms with van der Waals surface area (Å²) >= 11 is 1.44. The lowest BCUT2D eigenvalue weighted by atomic mass is 10.1. The number of pyridine rings is 1. The fourth-order valence-electron chi connectivity index (χ4n) is 3.48. The molecule has 0 bridgehead atoms. The van der Waals surface area contributed by atoms with Gasteiger partial charge in [-0.2, -0.15) is 0 Å². The van der Waals surface area contributed by atoms with Crippen LogP contribution < -0.4 is 19.1 Å². The number of aromatic nitrogens is 2. The second-order valence-corrected chi connectivity index (χ2v) is 8.31. The molecule has 0 saturated carbocycles. The maximum atomic E-state index is 13.8. The van der Waals surface area contributed by atoms with Gasteiger partial charge in [-0.3, -0.25) is 14.7 Å². The first-order chi connectivity index (χ1) is 16.6. The molecule has 4 aromatic rings. The van der Waals surface area contributed by atoms with Crippen molar-refractivity contribution in [1.29, 1.82) is 0 Å². The van der Waals surface area contributed by atoms with Gasteiger partial charge in [-0.25, -0.2) is 4.98 Å². The monoisotopic (exact) mass is 477 g/mol. The SMILES string of the molecule is CCOc1ccc2nc(N(Cc3ccccn3)C(=O)c3ccc(OCC)c(OCC)c3)sc2c1. The van der Waals surface area contributed by atoms with Crippen molar-refractivity contribution in [2.45, 2.75) is 27.3 Å². The fraction of sp³-hybridized carbons (Fsp3) is 0.269. The van der Waals surface area contributed by atoms with Gasteiger partial charge in [0.15, 0.2) is 16.6 Å². The van der Waals surface area contributed by atoms with Gasteiger partial charge in [-0.1, -0.05) is 17.4 Å². The molecule has 2 aromatic heterocycles. The van der Waals surface area contributed by atoms with Gasteiger partial charge < -0.3 is 14.2 Å². The topological polar surface area (TPSA) is 73.8 Å². The Bertz CT molecular complexity index is 1260. The molecule has 4 rings (SSSR count). The van der Waals surface area contributed by atoms with Crippen molar-refractivity contribution in [3.8, 4) is 17.2 Å². The second-order valence-electron chi connectivity index (χ2n) is 7.30. The summed E-state index contributed by atoms with van der Waals surface area (Å²) in [5.41, 5.74) is 2.06. The minimum atomic E-state index is -0.196. The molecular formula is C26H27N3O4S. The fourth-order valence-corrected chi connectivity index (χ4v) is 4.48. The van der Waals surface area contributed by atoms with E-state index < -0.39 is 0 Å². The summed E-state index contributed by atoms with van der Waals surface area (Å²) in [7, 11) is 0. The standard InChI is InChI=1S/C26H27N3O4S/c1-4-31-20-11-12-21-24(16-20)34-26(28-21)29(17-19-9-7-8-14-27-19)25(30)18-10-13-22(32-5-2)23(15-18)33-6-3/h7-16H,4-6,17H2,1-3H3. The largest absolute Gasteiger partial charge is 0.494 e. The number of benzene rings is 2. The van der Waals surface area contributed by atoms with Crippen LogP contribution in [0.5, 0.6) is 17.2 Å². The highest BCUT2D eigenvalue weighted by Crippen LogP contribution is 2.34. The third-order valence-corrected chi connectivity index (χ3v) is 6.01. The lowest BCUT2D eigenvalue weighted by molar-refractivity contribution is 0.0984. The average molecular weight is 478 g/mol. The highest BCUT2D eigenvalue weighted by molar-refractivity contribution is 7.22. The highest BCUT2D eigenvalue weighted by Gasteiger charge is 2.24. The van der Waals surface area contributed by atoms with Gasteiger partial charge in [0.1, 0.15) is 5.75 Å². The maximum Gasteiger partial charge on any atom is 0.260 e. The number of rotatable bonds is 10. The molecule has 0 aliphatic rings. The average Bonchev–Trinajstić information content (AvgIpc) is 3.27. The van der Waals surface area contributed by atoms with Gasteiger partial charge in [0.25, 0.3) is 5.91 Å². The van der Waals surface area contributed by atoms with E-state index in [2.05, 4.69) is 4.98 Å². The lowest BCUT2D eigenvalue weighted by Crippen LogP contribution is -2.30. The van der Waals surface area contributed by atoms with E-state index in [1.807, 2.05) is 57.2 Å². The zero-order valence-electron chi connectivity index (χ0n) is 19.5. The Kier molecular flexibility index (Phi) is 7.59. The first-order valence-electron chi connectivity index (χ1n) is 11.3. The molecule has 0 aliphatic carbocycles. The van der Waals surface area contributed by atoms with Gasteiger partial charge in [0.05, 0.1) is 42.3 Å². The van der Waals surface area contributed by atoms with E-state index in [0.717, 1.165) is 21.7 Å². The van der Waals surface area contributed by atoms with Crippen LogP contribution in [0.25, 0.3) is 10.2 Å². The maximum absolute atomic E-state index is 13.8. The molecular weight excluding hydrogens is 450 g/mol. The molecule has 0 spiro atoms. The van der Waals surface area contributed by atoms with Crippen LogP contribution in [-0.2, 0) is 6.54 Å². The third kappa shape index (κ3) is 5.28. The number of anilines is 1. The van der Waals surface area contributed by atoms with Crippen molar-refractivity contribution in [2.75, 3.05) is 24.7 Å². The van der Waals surface area contributed by atoms with Gasteiger partial charge in [0.2, 0.25) is 0 Å². The van der Waals surface area contributed by atoms with E-state index in [0.29, 0.717) is 42.0 Å². The number of carbonyl (C=O) groups excluding carboxylic acids is 1. The van der Waals surface area contributed by atoms with Gasteiger partial charge in [-0.05, 0) is 69.3 Å². The molecule has 1 amide bonds. The number of ether oxygens (including phenoxy) is 3. The van der Waals surface area contributed by atoms with Crippen molar-refractivity contribution in [1.82, 2.24) is 9.97 Å². The Labute approximate surface area is 202 Å². The summed E-state index contributed by atoms with van der Waals surface area (Å²) in [5, 5.41) is 0.589. The molecule has 0 radical (unpaired) electrons. The van der Waals surface area contributed by atoms with Crippen LogP contribution in [0.15, 0.2) is 60.8 Å². The molecule has 0 unspecified atom stereocenters. The van der Waals surface area contributed by atoms with Crippen LogP contribution in [0.1, 0.15) is 36.8 Å². The van der Waals surface area contributed by atoms with Crippen LogP contribution in [0.4, 0.5) is 5.13 Å². The van der Waals surface area contributed by atoms with Gasteiger partial charge in [0, 0.05) is 11.8 Å². The molecule has 0 atom stereocenters. The van der Waals surface area contributed by atoms with Crippen molar-refractivity contribution < 1.29 is 19.0 Å². The molecule has 2 aromatic carbocycles. The summed E-state index contributed by atoms with van der Waals surface area (Å²) in [5.74, 6) is 1.73. The molecule has 34 heavy (non-hydrogen) atoms. The van der Waals surface area contributed by atoms with Gasteiger partial charge >= 0.3 is 0 Å². The van der Waals surface area contributed by atoms with E-state index in [1.54, 1.807) is 29.3 Å². The summed E-state index contributed by atoms with van der Waals surface area (Å²) in [6, 6.07) is 16.6. The molecule has 0 saturated heterocycles. The Hall–Kier alpha value is -3.65. The molecule has 8 heteroatoms. The lowest BCUT2D eigenvalue weighted by Gasteiger charge is -2.20. The molecule has 0 N–H and O–H groups in total. The van der Waals surface area contributed by atoms with Crippen LogP contribution >= 0.6 is 11.3 Å². The van der Waals surface area contributed by atoms with E-state index >= 15 is 0 Å². The van der Waals surface area contributed by atoms with Crippen LogP contribution in [-0.4, -0.2) is 35.7 Å². The van der Waals surface area contributed by atoms with E-state index in [1.165, 1.54) is 11.3 Å². The Morgan fingerprint density at radius 3 is 2.44 bits per heavy atom. The summed E-state index contributed by atoms with van der Waals surface area (Å²) in [6.07, 6.45) is 1.72. The molecule has 176 valence electrons. The molecule has 0 aliphatic heterocycles. The minimum Gasteiger partial charge on any atom is -0.494 e. The first kappa shape index (κ1) is 23.5. The number of thiazole rings is 1. The third-order valence-electron chi connectivity index (χ3n) is 4.97. The van der Waals surface area contributed by atoms with Crippen molar-refractivity contribution in [3.63, 3.8) is 0 Å². The van der Waals surface area contributed by atoms with Crippen LogP contribution in [0.3, 0.4) is 0 Å². The number of amides is 1. The highest BCUT2D eigenvalue weighted by atomic mass is 32.1. The van der Waals surface area contributed by atoms with E-state index in [-0.39, 0.29) is 12.5 Å². The normalized spacial score (nSPS) is 10.8. The van der Waals surface area contributed by atoms with Gasteiger partial charge in [-0.15, -0.1) is 0 Å². The van der Waals surface area contributed by atoms with Crippen LogP contribution in [0, 0.1) is 0 Å². The minimum absolute atomic E-state index is 0.196. The van der Waals surface area contributed by atoms with Crippen molar-refractivity contribution in [2.24, 2.45) is 0 Å². The molecule has 7 nitrogen and oxygen atoms in total. The summed E-state index contributed by atoms with van der Waals surface area (Å²) in [6.45, 7) is 7.60. The number of fused-ring (bicyclic) bond motifs is 1.